The van der Waals surface area contributed by atoms with Crippen LogP contribution in [0.25, 0.3) is 5.57 Å². The first-order valence-corrected chi connectivity index (χ1v) is 10.9. The second-order valence-corrected chi connectivity index (χ2v) is 8.58. The molecule has 3 rings (SSSR count). The quantitative estimate of drug-likeness (QED) is 0.542. The van der Waals surface area contributed by atoms with Gasteiger partial charge >= 0.3 is 0 Å². The van der Waals surface area contributed by atoms with Gasteiger partial charge in [-0.3, -0.25) is 14.5 Å². The molecule has 2 amide bonds. The van der Waals surface area contributed by atoms with Crippen LogP contribution in [0.5, 0.6) is 5.75 Å². The lowest BCUT2D eigenvalue weighted by atomic mass is 10.1. The van der Waals surface area contributed by atoms with Gasteiger partial charge in [-0.25, -0.2) is 0 Å². The van der Waals surface area contributed by atoms with Crippen molar-refractivity contribution < 1.29 is 19.1 Å². The van der Waals surface area contributed by atoms with Crippen molar-refractivity contribution in [3.63, 3.8) is 0 Å². The Hall–Kier alpha value is -2.57. The van der Waals surface area contributed by atoms with Gasteiger partial charge in [0, 0.05) is 4.90 Å². The summed E-state index contributed by atoms with van der Waals surface area (Å²) in [5.74, 6) is 0.160. The summed E-state index contributed by atoms with van der Waals surface area (Å²) >= 11 is 1.32. The van der Waals surface area contributed by atoms with Gasteiger partial charge in [0.05, 0.1) is 35.8 Å². The average molecular weight is 426 g/mol. The van der Waals surface area contributed by atoms with Gasteiger partial charge in [0.15, 0.2) is 0 Å². The van der Waals surface area contributed by atoms with E-state index in [1.807, 2.05) is 82.3 Å². The maximum Gasteiger partial charge on any atom is 0.268 e. The van der Waals surface area contributed by atoms with Crippen LogP contribution in [0.3, 0.4) is 0 Å². The maximum absolute atomic E-state index is 13.2. The summed E-state index contributed by atoms with van der Waals surface area (Å²) in [5.41, 5.74) is 1.13. The van der Waals surface area contributed by atoms with Gasteiger partial charge in [-0.1, -0.05) is 42.1 Å². The molecule has 0 atom stereocenters. The average Bonchev–Trinajstić information content (AvgIpc) is 2.93. The molecule has 0 saturated heterocycles. The smallest absolute Gasteiger partial charge is 0.268 e. The Morgan fingerprint density at radius 1 is 0.867 bits per heavy atom. The lowest BCUT2D eigenvalue weighted by molar-refractivity contribution is -0.137. The fourth-order valence-corrected chi connectivity index (χ4v) is 4.10. The SMILES string of the molecule is CC(C)OCCN1C(=O)C(Sc2ccccc2)=C(c2ccc(OC(C)C)cc2)C1=O. The first-order valence-electron chi connectivity index (χ1n) is 10.1. The largest absolute Gasteiger partial charge is 0.491 e. The van der Waals surface area contributed by atoms with E-state index in [-0.39, 0.29) is 30.6 Å². The molecule has 158 valence electrons. The van der Waals surface area contributed by atoms with E-state index < -0.39 is 0 Å². The Kier molecular flexibility index (Phi) is 7.34. The number of carbonyl (C=O) groups excluding carboxylic acids is 2. The molecule has 0 radical (unpaired) electrons. The fraction of sp³-hybridized carbons (Fsp3) is 0.333. The molecule has 6 heteroatoms. The predicted molar refractivity (Wildman–Crippen MR) is 119 cm³/mol. The molecule has 0 N–H and O–H groups in total. The van der Waals surface area contributed by atoms with Gasteiger partial charge in [0.1, 0.15) is 5.75 Å². The topological polar surface area (TPSA) is 55.8 Å². The highest BCUT2D eigenvalue weighted by Crippen LogP contribution is 2.39. The minimum atomic E-state index is -0.289. The van der Waals surface area contributed by atoms with Crippen LogP contribution in [0.4, 0.5) is 0 Å². The molecule has 0 aromatic heterocycles. The Balaban J connectivity index is 1.92. The van der Waals surface area contributed by atoms with Crippen LogP contribution < -0.4 is 4.74 Å². The van der Waals surface area contributed by atoms with Crippen LogP contribution >= 0.6 is 11.8 Å². The second-order valence-electron chi connectivity index (χ2n) is 7.49. The zero-order chi connectivity index (χ0) is 21.7. The third kappa shape index (κ3) is 5.32. The first-order chi connectivity index (χ1) is 14.4. The highest BCUT2D eigenvalue weighted by molar-refractivity contribution is 8.04. The van der Waals surface area contributed by atoms with E-state index in [0.717, 1.165) is 10.6 Å². The number of thioether (sulfide) groups is 1. The second kappa shape index (κ2) is 9.96. The standard InChI is InChI=1S/C24H27NO4S/c1-16(2)28-15-14-25-23(26)21(18-10-12-19(13-11-18)29-17(3)4)22(24(25)27)30-20-8-6-5-7-9-20/h5-13,16-17H,14-15H2,1-4H3. The summed E-state index contributed by atoms with van der Waals surface area (Å²) in [6.45, 7) is 8.31. The number of hydrogen-bond donors (Lipinski definition) is 0. The van der Waals surface area contributed by atoms with Gasteiger partial charge < -0.3 is 9.47 Å². The van der Waals surface area contributed by atoms with Crippen molar-refractivity contribution in [1.82, 2.24) is 4.90 Å². The number of carbonyl (C=O) groups is 2. The van der Waals surface area contributed by atoms with E-state index in [4.69, 9.17) is 9.47 Å². The molecule has 0 aliphatic carbocycles. The molecule has 0 saturated carbocycles. The summed E-state index contributed by atoms with van der Waals surface area (Å²) in [4.78, 5) is 29.0. The van der Waals surface area contributed by atoms with E-state index in [2.05, 4.69) is 0 Å². The third-order valence-electron chi connectivity index (χ3n) is 4.37. The lowest BCUT2D eigenvalue weighted by Gasteiger charge is -2.16. The van der Waals surface area contributed by atoms with E-state index in [9.17, 15) is 9.59 Å². The minimum Gasteiger partial charge on any atom is -0.491 e. The highest BCUT2D eigenvalue weighted by Gasteiger charge is 2.39. The number of hydrogen-bond acceptors (Lipinski definition) is 5. The molecule has 1 aliphatic heterocycles. The van der Waals surface area contributed by atoms with Crippen LogP contribution in [0.1, 0.15) is 33.3 Å². The number of nitrogens with zero attached hydrogens (tertiary/aromatic N) is 1. The van der Waals surface area contributed by atoms with Crippen LogP contribution in [-0.4, -0.2) is 42.1 Å². The van der Waals surface area contributed by atoms with Crippen molar-refractivity contribution in [1.29, 1.82) is 0 Å². The number of ether oxygens (including phenoxy) is 2. The van der Waals surface area contributed by atoms with E-state index in [1.165, 1.54) is 16.7 Å². The normalized spacial score (nSPS) is 14.4. The van der Waals surface area contributed by atoms with Gasteiger partial charge in [-0.2, -0.15) is 0 Å². The zero-order valence-electron chi connectivity index (χ0n) is 17.8. The highest BCUT2D eigenvalue weighted by atomic mass is 32.2. The van der Waals surface area contributed by atoms with E-state index in [0.29, 0.717) is 22.6 Å². The number of imide groups is 1. The summed E-state index contributed by atoms with van der Waals surface area (Å²) in [6, 6.07) is 16.9. The predicted octanol–water partition coefficient (Wildman–Crippen LogP) is 4.77. The van der Waals surface area contributed by atoms with Crippen LogP contribution in [0.2, 0.25) is 0 Å². The summed E-state index contributed by atoms with van der Waals surface area (Å²) in [6.07, 6.45) is 0.0994. The molecule has 0 bridgehead atoms. The van der Waals surface area contributed by atoms with Crippen molar-refractivity contribution in [2.75, 3.05) is 13.2 Å². The van der Waals surface area contributed by atoms with Gasteiger partial charge in [-0.05, 0) is 57.5 Å². The molecule has 2 aromatic rings. The molecule has 0 spiro atoms. The van der Waals surface area contributed by atoms with E-state index in [1.54, 1.807) is 0 Å². The summed E-state index contributed by atoms with van der Waals surface area (Å²) < 4.78 is 11.3. The zero-order valence-corrected chi connectivity index (χ0v) is 18.6. The Bertz CT molecular complexity index is 920. The van der Waals surface area contributed by atoms with Crippen molar-refractivity contribution in [3.8, 4) is 5.75 Å². The van der Waals surface area contributed by atoms with E-state index >= 15 is 0 Å². The van der Waals surface area contributed by atoms with Crippen molar-refractivity contribution in [2.45, 2.75) is 44.8 Å². The number of benzene rings is 2. The number of rotatable bonds is 9. The molecule has 30 heavy (non-hydrogen) atoms. The Labute approximate surface area is 182 Å². The maximum atomic E-state index is 13.2. The molecule has 0 fully saturated rings. The van der Waals surface area contributed by atoms with Crippen molar-refractivity contribution in [2.24, 2.45) is 0 Å². The molecular weight excluding hydrogens is 398 g/mol. The third-order valence-corrected chi connectivity index (χ3v) is 5.46. The van der Waals surface area contributed by atoms with Gasteiger partial charge in [0.25, 0.3) is 11.8 Å². The summed E-state index contributed by atoms with van der Waals surface area (Å²) in [5, 5.41) is 0. The van der Waals surface area contributed by atoms with Crippen molar-refractivity contribution >= 4 is 29.1 Å². The Morgan fingerprint density at radius 3 is 2.13 bits per heavy atom. The number of amides is 2. The van der Waals surface area contributed by atoms with Gasteiger partial charge in [-0.15, -0.1) is 0 Å². The molecule has 1 heterocycles. The van der Waals surface area contributed by atoms with Crippen molar-refractivity contribution in [3.05, 3.63) is 65.1 Å². The Morgan fingerprint density at radius 2 is 1.53 bits per heavy atom. The monoisotopic (exact) mass is 425 g/mol. The minimum absolute atomic E-state index is 0.0388. The fourth-order valence-electron chi connectivity index (χ4n) is 3.06. The summed E-state index contributed by atoms with van der Waals surface area (Å²) in [7, 11) is 0. The first kappa shape index (κ1) is 22.1. The molecule has 0 unspecified atom stereocenters. The molecule has 2 aromatic carbocycles. The van der Waals surface area contributed by atoms with Crippen LogP contribution in [-0.2, 0) is 14.3 Å². The lowest BCUT2D eigenvalue weighted by Crippen LogP contribution is -2.35. The van der Waals surface area contributed by atoms with Crippen LogP contribution in [0, 0.1) is 0 Å². The molecular formula is C24H27NO4S. The molecule has 5 nitrogen and oxygen atoms in total. The molecule has 1 aliphatic rings. The van der Waals surface area contributed by atoms with Gasteiger partial charge in [0.2, 0.25) is 0 Å². The van der Waals surface area contributed by atoms with Crippen LogP contribution in [0.15, 0.2) is 64.4 Å².